The Labute approximate surface area is 113 Å². The lowest BCUT2D eigenvalue weighted by Gasteiger charge is -2.14. The monoisotopic (exact) mass is 281 g/mol. The highest BCUT2D eigenvalue weighted by molar-refractivity contribution is 7.91. The van der Waals surface area contributed by atoms with Gasteiger partial charge in [-0.25, -0.2) is 8.42 Å². The minimum absolute atomic E-state index is 0.0546. The lowest BCUT2D eigenvalue weighted by Crippen LogP contribution is -2.26. The predicted molar refractivity (Wildman–Crippen MR) is 75.2 cm³/mol. The molecule has 1 aromatic carbocycles. The Balaban J connectivity index is 2.03. The number of likely N-dealkylation sites (tertiary alicyclic amines) is 1. The summed E-state index contributed by atoms with van der Waals surface area (Å²) in [6.07, 6.45) is 2.32. The molecule has 3 N–H and O–H groups in total. The molecule has 104 valence electrons. The van der Waals surface area contributed by atoms with Crippen LogP contribution in [0.1, 0.15) is 18.4 Å². The molecule has 0 aliphatic carbocycles. The standard InChI is InChI=1S/C13H19N3O2S/c14-13(15)11-3-5-12(6-4-11)19(17,18)10-9-16-7-1-2-8-16/h3-6H,1-2,7-10H2,(H3,14,15). The molecular formula is C13H19N3O2S. The van der Waals surface area contributed by atoms with Crippen LogP contribution in [0.5, 0.6) is 0 Å². The van der Waals surface area contributed by atoms with Crippen molar-refractivity contribution in [3.05, 3.63) is 29.8 Å². The fourth-order valence-corrected chi connectivity index (χ4v) is 3.50. The number of nitrogen functional groups attached to an aromatic ring is 1. The van der Waals surface area contributed by atoms with Crippen LogP contribution in [0.4, 0.5) is 0 Å². The summed E-state index contributed by atoms with van der Waals surface area (Å²) in [6.45, 7) is 2.59. The Morgan fingerprint density at radius 2 is 1.79 bits per heavy atom. The summed E-state index contributed by atoms with van der Waals surface area (Å²) < 4.78 is 24.3. The molecule has 0 aromatic heterocycles. The first-order valence-electron chi connectivity index (χ1n) is 6.38. The number of amidine groups is 1. The minimum Gasteiger partial charge on any atom is -0.384 e. The Hall–Kier alpha value is -1.40. The van der Waals surface area contributed by atoms with Crippen LogP contribution in [-0.2, 0) is 9.84 Å². The highest BCUT2D eigenvalue weighted by Crippen LogP contribution is 2.14. The molecular weight excluding hydrogens is 262 g/mol. The number of nitrogens with two attached hydrogens (primary N) is 1. The first-order valence-corrected chi connectivity index (χ1v) is 8.04. The van der Waals surface area contributed by atoms with Crippen LogP contribution in [0, 0.1) is 5.41 Å². The van der Waals surface area contributed by atoms with Crippen molar-refractivity contribution in [3.8, 4) is 0 Å². The van der Waals surface area contributed by atoms with E-state index < -0.39 is 9.84 Å². The molecule has 0 unspecified atom stereocenters. The van der Waals surface area contributed by atoms with Crippen LogP contribution >= 0.6 is 0 Å². The molecule has 1 fully saturated rings. The van der Waals surface area contributed by atoms with E-state index >= 15 is 0 Å². The summed E-state index contributed by atoms with van der Waals surface area (Å²) in [5, 5.41) is 7.28. The van der Waals surface area contributed by atoms with Gasteiger partial charge in [0.15, 0.2) is 9.84 Å². The number of nitrogens with one attached hydrogen (secondary N) is 1. The largest absolute Gasteiger partial charge is 0.384 e. The first-order chi connectivity index (χ1) is 8.99. The lowest BCUT2D eigenvalue weighted by atomic mass is 10.2. The van der Waals surface area contributed by atoms with Gasteiger partial charge in [-0.2, -0.15) is 0 Å². The van der Waals surface area contributed by atoms with Gasteiger partial charge in [0.2, 0.25) is 0 Å². The summed E-state index contributed by atoms with van der Waals surface area (Å²) >= 11 is 0. The number of benzene rings is 1. The third kappa shape index (κ3) is 3.54. The average Bonchev–Trinajstić information content (AvgIpc) is 2.90. The van der Waals surface area contributed by atoms with Gasteiger partial charge in [-0.15, -0.1) is 0 Å². The second-order valence-electron chi connectivity index (χ2n) is 4.81. The average molecular weight is 281 g/mol. The van der Waals surface area contributed by atoms with Crippen LogP contribution in [0.25, 0.3) is 0 Å². The van der Waals surface area contributed by atoms with Crippen LogP contribution < -0.4 is 5.73 Å². The molecule has 0 radical (unpaired) electrons. The maximum atomic E-state index is 12.2. The van der Waals surface area contributed by atoms with Crippen molar-refractivity contribution in [3.63, 3.8) is 0 Å². The van der Waals surface area contributed by atoms with Gasteiger partial charge in [-0.1, -0.05) is 12.1 Å². The van der Waals surface area contributed by atoms with Gasteiger partial charge >= 0.3 is 0 Å². The number of rotatable bonds is 5. The normalized spacial score (nSPS) is 16.6. The van der Waals surface area contributed by atoms with Crippen molar-refractivity contribution in [2.45, 2.75) is 17.7 Å². The van der Waals surface area contributed by atoms with Gasteiger partial charge < -0.3 is 10.6 Å². The van der Waals surface area contributed by atoms with Crippen molar-refractivity contribution in [1.29, 1.82) is 5.41 Å². The predicted octanol–water partition coefficient (Wildman–Crippen LogP) is 0.840. The van der Waals surface area contributed by atoms with Crippen molar-refractivity contribution >= 4 is 15.7 Å². The van der Waals surface area contributed by atoms with Gasteiger partial charge in [0.05, 0.1) is 10.6 Å². The maximum absolute atomic E-state index is 12.2. The van der Waals surface area contributed by atoms with E-state index in [-0.39, 0.29) is 11.6 Å². The molecule has 6 heteroatoms. The van der Waals surface area contributed by atoms with Crippen molar-refractivity contribution < 1.29 is 8.42 Å². The Bertz CT molecular complexity index is 546. The van der Waals surface area contributed by atoms with Crippen LogP contribution in [0.15, 0.2) is 29.2 Å². The zero-order valence-corrected chi connectivity index (χ0v) is 11.6. The highest BCUT2D eigenvalue weighted by Gasteiger charge is 2.18. The van der Waals surface area contributed by atoms with E-state index in [4.69, 9.17) is 11.1 Å². The van der Waals surface area contributed by atoms with E-state index in [0.717, 1.165) is 25.9 Å². The van der Waals surface area contributed by atoms with Gasteiger partial charge in [0, 0.05) is 12.1 Å². The maximum Gasteiger partial charge on any atom is 0.179 e. The summed E-state index contributed by atoms with van der Waals surface area (Å²) in [4.78, 5) is 2.48. The van der Waals surface area contributed by atoms with Gasteiger partial charge in [-0.3, -0.25) is 5.41 Å². The zero-order valence-electron chi connectivity index (χ0n) is 10.8. The van der Waals surface area contributed by atoms with E-state index in [1.54, 1.807) is 12.1 Å². The second-order valence-corrected chi connectivity index (χ2v) is 6.91. The molecule has 1 aliphatic rings. The molecule has 1 aromatic rings. The zero-order chi connectivity index (χ0) is 13.9. The molecule has 1 saturated heterocycles. The number of hydrogen-bond donors (Lipinski definition) is 2. The van der Waals surface area contributed by atoms with Gasteiger partial charge in [-0.05, 0) is 38.1 Å². The number of sulfone groups is 1. The van der Waals surface area contributed by atoms with Crippen molar-refractivity contribution in [2.75, 3.05) is 25.4 Å². The summed E-state index contributed by atoms with van der Waals surface area (Å²) in [6, 6.07) is 6.20. The molecule has 1 heterocycles. The highest BCUT2D eigenvalue weighted by atomic mass is 32.2. The molecule has 0 saturated carbocycles. The van der Waals surface area contributed by atoms with E-state index in [2.05, 4.69) is 4.90 Å². The van der Waals surface area contributed by atoms with E-state index in [1.807, 2.05) is 0 Å². The third-order valence-corrected chi connectivity index (χ3v) is 5.11. The fourth-order valence-electron chi connectivity index (χ4n) is 2.22. The molecule has 0 spiro atoms. The van der Waals surface area contributed by atoms with E-state index in [0.29, 0.717) is 17.0 Å². The summed E-state index contributed by atoms with van der Waals surface area (Å²) in [5.41, 5.74) is 5.88. The first kappa shape index (κ1) is 14.0. The Kier molecular flexibility index (Phi) is 4.21. The van der Waals surface area contributed by atoms with Crippen LogP contribution in [0.2, 0.25) is 0 Å². The lowest BCUT2D eigenvalue weighted by molar-refractivity contribution is 0.359. The topological polar surface area (TPSA) is 87.2 Å². The van der Waals surface area contributed by atoms with Crippen molar-refractivity contribution in [2.24, 2.45) is 5.73 Å². The molecule has 5 nitrogen and oxygen atoms in total. The van der Waals surface area contributed by atoms with E-state index in [1.165, 1.54) is 12.1 Å². The molecule has 19 heavy (non-hydrogen) atoms. The Morgan fingerprint density at radius 1 is 1.21 bits per heavy atom. The van der Waals surface area contributed by atoms with Crippen LogP contribution in [-0.4, -0.2) is 44.5 Å². The van der Waals surface area contributed by atoms with E-state index in [9.17, 15) is 8.42 Å². The molecule has 0 amide bonds. The quantitative estimate of drug-likeness (QED) is 0.618. The summed E-state index contributed by atoms with van der Waals surface area (Å²) in [5.74, 6) is 0.0906. The minimum atomic E-state index is -3.24. The third-order valence-electron chi connectivity index (χ3n) is 3.40. The Morgan fingerprint density at radius 3 is 2.32 bits per heavy atom. The number of hydrogen-bond acceptors (Lipinski definition) is 4. The summed E-state index contributed by atoms with van der Waals surface area (Å²) in [7, 11) is -3.24. The molecule has 1 aliphatic heterocycles. The fraction of sp³-hybridized carbons (Fsp3) is 0.462. The van der Waals surface area contributed by atoms with Crippen LogP contribution in [0.3, 0.4) is 0 Å². The molecule has 0 atom stereocenters. The smallest absolute Gasteiger partial charge is 0.179 e. The molecule has 2 rings (SSSR count). The van der Waals surface area contributed by atoms with Crippen molar-refractivity contribution in [1.82, 2.24) is 4.90 Å². The van der Waals surface area contributed by atoms with Gasteiger partial charge in [0.25, 0.3) is 0 Å². The second kappa shape index (κ2) is 5.71. The van der Waals surface area contributed by atoms with Gasteiger partial charge in [0.1, 0.15) is 5.84 Å². The molecule has 0 bridgehead atoms. The SMILES string of the molecule is N=C(N)c1ccc(S(=O)(=O)CCN2CCCC2)cc1. The number of nitrogens with zero attached hydrogens (tertiary/aromatic N) is 1.